The highest BCUT2D eigenvalue weighted by molar-refractivity contribution is 6.07. The van der Waals surface area contributed by atoms with E-state index < -0.39 is 0 Å². The number of carbonyl (C=O) groups is 1. The molecule has 1 saturated heterocycles. The van der Waals surface area contributed by atoms with E-state index in [1.165, 1.54) is 0 Å². The Morgan fingerprint density at radius 2 is 1.90 bits per heavy atom. The SMILES string of the molecule is CC(C)CN1C(=O)NC(=N)C1c1cccc2ccccc12. The van der Waals surface area contributed by atoms with Gasteiger partial charge in [-0.1, -0.05) is 56.3 Å². The molecule has 3 rings (SSSR count). The van der Waals surface area contributed by atoms with Gasteiger partial charge in [0, 0.05) is 6.54 Å². The molecule has 2 amide bonds. The Labute approximate surface area is 124 Å². The topological polar surface area (TPSA) is 56.2 Å². The minimum atomic E-state index is -0.314. The number of hydrogen-bond acceptors (Lipinski definition) is 2. The minimum Gasteiger partial charge on any atom is -0.310 e. The van der Waals surface area contributed by atoms with Gasteiger partial charge in [-0.2, -0.15) is 0 Å². The van der Waals surface area contributed by atoms with E-state index in [1.807, 2.05) is 30.3 Å². The van der Waals surface area contributed by atoms with Crippen LogP contribution in [-0.4, -0.2) is 23.3 Å². The Morgan fingerprint density at radius 1 is 1.19 bits per heavy atom. The molecule has 1 aliphatic rings. The molecule has 0 spiro atoms. The van der Waals surface area contributed by atoms with Crippen LogP contribution in [0.4, 0.5) is 4.79 Å². The molecule has 4 nitrogen and oxygen atoms in total. The van der Waals surface area contributed by atoms with E-state index in [9.17, 15) is 4.79 Å². The maximum absolute atomic E-state index is 12.1. The molecule has 108 valence electrons. The summed E-state index contributed by atoms with van der Waals surface area (Å²) in [4.78, 5) is 13.9. The van der Waals surface area contributed by atoms with Crippen LogP contribution in [0.3, 0.4) is 0 Å². The molecule has 4 heteroatoms. The van der Waals surface area contributed by atoms with Crippen LogP contribution in [0.1, 0.15) is 25.5 Å². The first-order chi connectivity index (χ1) is 10.1. The van der Waals surface area contributed by atoms with Crippen molar-refractivity contribution < 1.29 is 4.79 Å². The summed E-state index contributed by atoms with van der Waals surface area (Å²) in [7, 11) is 0. The molecule has 0 aromatic heterocycles. The van der Waals surface area contributed by atoms with Gasteiger partial charge in [0.2, 0.25) is 0 Å². The van der Waals surface area contributed by atoms with Gasteiger partial charge in [0.1, 0.15) is 11.9 Å². The molecule has 0 bridgehead atoms. The highest BCUT2D eigenvalue weighted by Crippen LogP contribution is 2.32. The van der Waals surface area contributed by atoms with Gasteiger partial charge in [-0.05, 0) is 22.3 Å². The summed E-state index contributed by atoms with van der Waals surface area (Å²) in [6, 6.07) is 13.7. The molecule has 0 aliphatic carbocycles. The Hall–Kier alpha value is -2.36. The summed E-state index contributed by atoms with van der Waals surface area (Å²) in [5.41, 5.74) is 1.01. The van der Waals surface area contributed by atoms with Crippen molar-refractivity contribution in [3.63, 3.8) is 0 Å². The lowest BCUT2D eigenvalue weighted by molar-refractivity contribution is 0.198. The van der Waals surface area contributed by atoms with Gasteiger partial charge in [-0.3, -0.25) is 10.7 Å². The van der Waals surface area contributed by atoms with Crippen LogP contribution in [0, 0.1) is 11.3 Å². The van der Waals surface area contributed by atoms with Crippen molar-refractivity contribution in [2.75, 3.05) is 6.54 Å². The summed E-state index contributed by atoms with van der Waals surface area (Å²) in [6.45, 7) is 4.80. The van der Waals surface area contributed by atoms with Crippen molar-refractivity contribution in [1.82, 2.24) is 10.2 Å². The van der Waals surface area contributed by atoms with Crippen LogP contribution in [0.5, 0.6) is 0 Å². The van der Waals surface area contributed by atoms with Crippen molar-refractivity contribution in [1.29, 1.82) is 5.41 Å². The molecule has 0 radical (unpaired) electrons. The number of carbonyl (C=O) groups excluding carboxylic acids is 1. The first-order valence-corrected chi connectivity index (χ1v) is 7.21. The lowest BCUT2D eigenvalue weighted by Gasteiger charge is -2.25. The average Bonchev–Trinajstić information content (AvgIpc) is 2.72. The van der Waals surface area contributed by atoms with Crippen LogP contribution in [0.2, 0.25) is 0 Å². The van der Waals surface area contributed by atoms with Gasteiger partial charge in [-0.25, -0.2) is 4.79 Å². The number of benzene rings is 2. The van der Waals surface area contributed by atoms with E-state index in [0.717, 1.165) is 16.3 Å². The fourth-order valence-corrected chi connectivity index (χ4v) is 2.92. The van der Waals surface area contributed by atoms with E-state index in [4.69, 9.17) is 5.41 Å². The van der Waals surface area contributed by atoms with Gasteiger partial charge in [0.15, 0.2) is 0 Å². The van der Waals surface area contributed by atoms with Crippen molar-refractivity contribution >= 4 is 22.6 Å². The van der Waals surface area contributed by atoms with Crippen molar-refractivity contribution in [3.05, 3.63) is 48.0 Å². The van der Waals surface area contributed by atoms with Crippen LogP contribution in [0.15, 0.2) is 42.5 Å². The van der Waals surface area contributed by atoms with Crippen molar-refractivity contribution in [2.45, 2.75) is 19.9 Å². The van der Waals surface area contributed by atoms with E-state index in [0.29, 0.717) is 12.5 Å². The van der Waals surface area contributed by atoms with E-state index in [2.05, 4.69) is 31.3 Å². The second-order valence-corrected chi connectivity index (χ2v) is 5.86. The number of urea groups is 1. The summed E-state index contributed by atoms with van der Waals surface area (Å²) in [6.07, 6.45) is 0. The number of nitrogens with zero attached hydrogens (tertiary/aromatic N) is 1. The molecular formula is C17H19N3O. The van der Waals surface area contributed by atoms with Crippen molar-refractivity contribution in [2.24, 2.45) is 5.92 Å². The molecule has 1 atom stereocenters. The third-order valence-corrected chi connectivity index (χ3v) is 3.77. The first-order valence-electron chi connectivity index (χ1n) is 7.21. The molecule has 2 aromatic carbocycles. The molecule has 2 N–H and O–H groups in total. The maximum Gasteiger partial charge on any atom is 0.323 e. The largest absolute Gasteiger partial charge is 0.323 e. The zero-order chi connectivity index (χ0) is 15.0. The van der Waals surface area contributed by atoms with E-state index in [-0.39, 0.29) is 17.9 Å². The zero-order valence-corrected chi connectivity index (χ0v) is 12.3. The second-order valence-electron chi connectivity index (χ2n) is 5.86. The number of hydrogen-bond donors (Lipinski definition) is 2. The molecule has 1 aliphatic heterocycles. The number of amidine groups is 1. The molecular weight excluding hydrogens is 262 g/mol. The summed E-state index contributed by atoms with van der Waals surface area (Å²) >= 11 is 0. The smallest absolute Gasteiger partial charge is 0.310 e. The number of fused-ring (bicyclic) bond motifs is 1. The Bertz CT molecular complexity index is 703. The van der Waals surface area contributed by atoms with Crippen LogP contribution < -0.4 is 5.32 Å². The summed E-state index contributed by atoms with van der Waals surface area (Å²) in [5.74, 6) is 0.621. The van der Waals surface area contributed by atoms with Gasteiger partial charge in [-0.15, -0.1) is 0 Å². The molecule has 2 aromatic rings. The van der Waals surface area contributed by atoms with Crippen LogP contribution in [0.25, 0.3) is 10.8 Å². The Morgan fingerprint density at radius 3 is 2.67 bits per heavy atom. The third kappa shape index (κ3) is 2.37. The van der Waals surface area contributed by atoms with Gasteiger partial charge >= 0.3 is 6.03 Å². The highest BCUT2D eigenvalue weighted by Gasteiger charge is 2.37. The molecule has 1 fully saturated rings. The Balaban J connectivity index is 2.11. The highest BCUT2D eigenvalue weighted by atomic mass is 16.2. The van der Waals surface area contributed by atoms with Gasteiger partial charge in [0.25, 0.3) is 0 Å². The second kappa shape index (κ2) is 5.20. The summed E-state index contributed by atoms with van der Waals surface area (Å²) < 4.78 is 0. The Kier molecular flexibility index (Phi) is 3.37. The number of nitrogens with one attached hydrogen (secondary N) is 2. The summed E-state index contributed by atoms with van der Waals surface area (Å²) in [5, 5.41) is 13.0. The predicted octanol–water partition coefficient (Wildman–Crippen LogP) is 3.54. The fourth-order valence-electron chi connectivity index (χ4n) is 2.92. The lowest BCUT2D eigenvalue weighted by atomic mass is 9.97. The first kappa shape index (κ1) is 13.6. The van der Waals surface area contributed by atoms with Gasteiger partial charge in [0.05, 0.1) is 0 Å². The van der Waals surface area contributed by atoms with E-state index >= 15 is 0 Å². The van der Waals surface area contributed by atoms with Crippen LogP contribution >= 0.6 is 0 Å². The molecule has 21 heavy (non-hydrogen) atoms. The van der Waals surface area contributed by atoms with Crippen molar-refractivity contribution in [3.8, 4) is 0 Å². The quantitative estimate of drug-likeness (QED) is 0.888. The maximum atomic E-state index is 12.1. The predicted molar refractivity (Wildman–Crippen MR) is 84.5 cm³/mol. The average molecular weight is 281 g/mol. The molecule has 1 heterocycles. The lowest BCUT2D eigenvalue weighted by Crippen LogP contribution is -2.33. The molecule has 0 saturated carbocycles. The number of amides is 2. The standard InChI is InChI=1S/C17H19N3O/c1-11(2)10-20-15(16(18)19-17(20)21)14-9-5-7-12-6-3-4-8-13(12)14/h3-9,11,15H,10H2,1-2H3,(H2,18,19,21). The van der Waals surface area contributed by atoms with Crippen LogP contribution in [-0.2, 0) is 0 Å². The zero-order valence-electron chi connectivity index (χ0n) is 12.3. The number of rotatable bonds is 3. The third-order valence-electron chi connectivity index (χ3n) is 3.77. The monoisotopic (exact) mass is 281 g/mol. The fraction of sp³-hybridized carbons (Fsp3) is 0.294. The normalized spacial score (nSPS) is 18.6. The van der Waals surface area contributed by atoms with E-state index in [1.54, 1.807) is 4.90 Å². The molecule has 1 unspecified atom stereocenters. The minimum absolute atomic E-state index is 0.174. The van der Waals surface area contributed by atoms with Gasteiger partial charge < -0.3 is 4.90 Å².